The van der Waals surface area contributed by atoms with E-state index in [0.29, 0.717) is 59.6 Å². The number of nitro benzene ring substituents is 2. The molecule has 352 valence electrons. The van der Waals surface area contributed by atoms with Crippen LogP contribution in [-0.2, 0) is 27.6 Å². The van der Waals surface area contributed by atoms with E-state index in [2.05, 4.69) is 12.7 Å². The Morgan fingerprint density at radius 3 is 2.30 bits per heavy atom. The van der Waals surface area contributed by atoms with Gasteiger partial charge in [-0.15, -0.1) is 6.58 Å². The maximum atomic E-state index is 14.8. The van der Waals surface area contributed by atoms with Gasteiger partial charge in [-0.1, -0.05) is 48.3 Å². The number of aliphatic hydroxyl groups is 2. The van der Waals surface area contributed by atoms with E-state index in [1.54, 1.807) is 72.6 Å². The number of carbonyl (C=O) groups excluding carboxylic acids is 1. The summed E-state index contributed by atoms with van der Waals surface area (Å²) in [5.74, 6) is -2.44. The fourth-order valence-corrected chi connectivity index (χ4v) is 9.64. The summed E-state index contributed by atoms with van der Waals surface area (Å²) < 4.78 is 35.2. The van der Waals surface area contributed by atoms with Crippen LogP contribution in [-0.4, -0.2) is 75.3 Å². The zero-order valence-corrected chi connectivity index (χ0v) is 37.3. The number of fused-ring (bicyclic) bond motifs is 2. The molecule has 2 N–H and O–H groups in total. The second-order valence-electron chi connectivity index (χ2n) is 17.0. The van der Waals surface area contributed by atoms with Crippen molar-refractivity contribution in [2.24, 2.45) is 22.9 Å². The lowest BCUT2D eigenvalue weighted by atomic mass is 9.55. The number of hydrogen-bond acceptors (Lipinski definition) is 12. The van der Waals surface area contributed by atoms with Gasteiger partial charge in [0.15, 0.2) is 0 Å². The molecule has 6 atom stereocenters. The van der Waals surface area contributed by atoms with Crippen LogP contribution in [0.5, 0.6) is 11.5 Å². The van der Waals surface area contributed by atoms with Crippen LogP contribution in [0.1, 0.15) is 73.1 Å². The summed E-state index contributed by atoms with van der Waals surface area (Å²) in [6, 6.07) is 22.9. The Morgan fingerprint density at radius 2 is 1.63 bits per heavy atom. The molecule has 1 amide bonds. The van der Waals surface area contributed by atoms with Crippen molar-refractivity contribution in [1.29, 1.82) is 0 Å². The Balaban J connectivity index is 1.37. The number of nitro groups is 2. The topological polar surface area (TPSA) is 196 Å². The molecule has 0 bridgehead atoms. The second-order valence-corrected chi connectivity index (χ2v) is 17.0. The van der Waals surface area contributed by atoms with Crippen LogP contribution in [0.3, 0.4) is 0 Å². The van der Waals surface area contributed by atoms with Gasteiger partial charge >= 0.3 is 0 Å². The van der Waals surface area contributed by atoms with Crippen LogP contribution in [0.25, 0.3) is 6.08 Å². The average molecular weight is 919 g/mol. The molecule has 1 heterocycles. The highest BCUT2D eigenvalue weighted by atomic mass is 19.1. The second kappa shape index (κ2) is 22.2. The maximum Gasteiger partial charge on any atom is 0.269 e. The first-order chi connectivity index (χ1) is 32.5. The standard InChI is InChI=1S/C51H55FN4O11/c1-3-28-65-51-47(54(2)48(59)25-18-34-14-19-38(20-15-34)55(60)61)31-45(53-66-32-35-16-21-39(22-17-35)56(62)63)42-29-36(10-6-8-26-57)41(12-7-9-27-58)49(50(42)51)43-30-40(23-24-46(43)67-51)64-33-37-11-4-5-13-44(37)52/h3-5,11,13-25,29-30,36,41,47,49-50,57-58H,1,6-10,12,26-28,31-33H2,2H3/t36-,41+,47-,49+,50+,51+/m0/s1. The van der Waals surface area contributed by atoms with Crippen molar-refractivity contribution in [2.45, 2.75) is 75.9 Å². The minimum absolute atomic E-state index is 0.00978. The molecule has 0 saturated heterocycles. The van der Waals surface area contributed by atoms with E-state index in [4.69, 9.17) is 24.2 Å². The molecule has 0 aromatic heterocycles. The van der Waals surface area contributed by atoms with Crippen molar-refractivity contribution in [1.82, 2.24) is 4.90 Å². The molecular weight excluding hydrogens is 864 g/mol. The molecule has 1 aliphatic heterocycles. The van der Waals surface area contributed by atoms with Gasteiger partial charge in [0, 0.05) is 74.1 Å². The smallest absolute Gasteiger partial charge is 0.269 e. The summed E-state index contributed by atoms with van der Waals surface area (Å²) in [5.41, 5.74) is 3.62. The summed E-state index contributed by atoms with van der Waals surface area (Å²) in [4.78, 5) is 43.7. The zero-order valence-electron chi connectivity index (χ0n) is 37.3. The third kappa shape index (κ3) is 10.9. The molecule has 0 unspecified atom stereocenters. The fourth-order valence-electron chi connectivity index (χ4n) is 9.64. The molecule has 4 aromatic carbocycles. The van der Waals surface area contributed by atoms with Crippen molar-refractivity contribution in [3.05, 3.63) is 170 Å². The highest BCUT2D eigenvalue weighted by Crippen LogP contribution is 2.62. The number of nitrogens with zero attached hydrogens (tertiary/aromatic N) is 4. The number of allylic oxidation sites excluding steroid dienone is 1. The molecule has 15 nitrogen and oxygen atoms in total. The van der Waals surface area contributed by atoms with Gasteiger partial charge in [0.25, 0.3) is 11.4 Å². The lowest BCUT2D eigenvalue weighted by Gasteiger charge is -2.59. The quantitative estimate of drug-likeness (QED) is 0.0251. The van der Waals surface area contributed by atoms with Crippen LogP contribution in [0.15, 0.2) is 127 Å². The van der Waals surface area contributed by atoms with Crippen LogP contribution in [0, 0.1) is 43.8 Å². The number of amides is 1. The predicted octanol–water partition coefficient (Wildman–Crippen LogP) is 9.23. The van der Waals surface area contributed by atoms with Crippen LogP contribution in [0.2, 0.25) is 0 Å². The fraction of sp³-hybridized carbons (Fsp3) is 0.373. The highest BCUT2D eigenvalue weighted by molar-refractivity contribution is 6.03. The molecule has 3 aliphatic rings. The predicted molar refractivity (Wildman–Crippen MR) is 248 cm³/mol. The van der Waals surface area contributed by atoms with Gasteiger partial charge in [-0.05, 0) is 109 Å². The minimum atomic E-state index is -1.54. The molecule has 1 saturated carbocycles. The molecule has 16 heteroatoms. The first-order valence-electron chi connectivity index (χ1n) is 22.5. The molecule has 0 radical (unpaired) electrons. The van der Waals surface area contributed by atoms with E-state index in [-0.39, 0.29) is 74.4 Å². The van der Waals surface area contributed by atoms with Crippen molar-refractivity contribution in [3.8, 4) is 11.5 Å². The van der Waals surface area contributed by atoms with Crippen molar-refractivity contribution >= 4 is 29.1 Å². The van der Waals surface area contributed by atoms with Crippen LogP contribution < -0.4 is 9.47 Å². The molecule has 0 spiro atoms. The minimum Gasteiger partial charge on any atom is -0.489 e. The summed E-state index contributed by atoms with van der Waals surface area (Å²) in [6.45, 7) is 4.03. The maximum absolute atomic E-state index is 14.8. The SMILES string of the molecule is C=CCO[C@@]12Oc3ccc(OCc4ccccc4F)cc3[C@H]3[C@H](CCCCO)[C@@H](CCCCO)C=C(C(=NOCc4ccc([N+](=O)[O-])cc4)C[C@@H]1N(C)C(=O)C=Cc1ccc([N+](=O)[O-])cc1)[C@H]32. The Labute approximate surface area is 388 Å². The molecule has 1 fully saturated rings. The number of oxime groups is 1. The molecule has 2 aliphatic carbocycles. The highest BCUT2D eigenvalue weighted by Gasteiger charge is 2.65. The third-order valence-electron chi connectivity index (χ3n) is 12.9. The van der Waals surface area contributed by atoms with Gasteiger partial charge in [0.2, 0.25) is 11.7 Å². The van der Waals surface area contributed by atoms with Crippen molar-refractivity contribution in [3.63, 3.8) is 0 Å². The monoisotopic (exact) mass is 918 g/mol. The Kier molecular flexibility index (Phi) is 15.9. The van der Waals surface area contributed by atoms with E-state index < -0.39 is 33.5 Å². The average Bonchev–Trinajstić information content (AvgIpc) is 3.33. The van der Waals surface area contributed by atoms with Gasteiger partial charge < -0.3 is 34.2 Å². The Bertz CT molecular complexity index is 2490. The number of benzene rings is 4. The Morgan fingerprint density at radius 1 is 0.940 bits per heavy atom. The lowest BCUT2D eigenvalue weighted by molar-refractivity contribution is -0.385. The van der Waals surface area contributed by atoms with Gasteiger partial charge in [-0.3, -0.25) is 25.0 Å². The normalized spacial score (nSPS) is 22.2. The summed E-state index contributed by atoms with van der Waals surface area (Å²) >= 11 is 0. The first-order valence-corrected chi connectivity index (χ1v) is 22.5. The molecular formula is C51H55FN4O11. The number of likely N-dealkylation sites (N-methyl/N-ethyl adjacent to an activating group) is 1. The zero-order chi connectivity index (χ0) is 47.5. The Hall–Kier alpha value is -6.75. The summed E-state index contributed by atoms with van der Waals surface area (Å²) in [5, 5.41) is 47.3. The number of halogens is 1. The largest absolute Gasteiger partial charge is 0.489 e. The van der Waals surface area contributed by atoms with Crippen molar-refractivity contribution < 1.29 is 48.3 Å². The summed E-state index contributed by atoms with van der Waals surface area (Å²) in [6.07, 6.45) is 10.9. The third-order valence-corrected chi connectivity index (χ3v) is 12.9. The number of ether oxygens (including phenoxy) is 3. The number of aliphatic hydroxyl groups excluding tert-OH is 2. The number of non-ortho nitro benzene ring substituents is 2. The molecule has 67 heavy (non-hydrogen) atoms. The van der Waals surface area contributed by atoms with Gasteiger partial charge in [0.05, 0.1) is 28.1 Å². The van der Waals surface area contributed by atoms with E-state index in [1.165, 1.54) is 36.4 Å². The van der Waals surface area contributed by atoms with E-state index in [9.17, 15) is 39.6 Å². The van der Waals surface area contributed by atoms with E-state index in [1.807, 2.05) is 12.1 Å². The van der Waals surface area contributed by atoms with Crippen LogP contribution >= 0.6 is 0 Å². The number of hydrogen-bond donors (Lipinski definition) is 2. The van der Waals surface area contributed by atoms with Crippen molar-refractivity contribution in [2.75, 3.05) is 26.9 Å². The van der Waals surface area contributed by atoms with Crippen LogP contribution in [0.4, 0.5) is 15.8 Å². The van der Waals surface area contributed by atoms with Gasteiger partial charge in [-0.2, -0.15) is 0 Å². The lowest BCUT2D eigenvalue weighted by Crippen LogP contribution is -2.69. The summed E-state index contributed by atoms with van der Waals surface area (Å²) in [7, 11) is 1.66. The number of rotatable bonds is 22. The van der Waals surface area contributed by atoms with E-state index in [0.717, 1.165) is 24.0 Å². The first kappa shape index (κ1) is 48.2. The number of carbonyl (C=O) groups is 1. The number of unbranched alkanes of at least 4 members (excludes halogenated alkanes) is 2. The van der Waals surface area contributed by atoms with Gasteiger partial charge in [0.1, 0.15) is 36.6 Å². The van der Waals surface area contributed by atoms with E-state index >= 15 is 0 Å². The molecule has 7 rings (SSSR count). The molecule has 4 aromatic rings. The van der Waals surface area contributed by atoms with Gasteiger partial charge in [-0.25, -0.2) is 4.39 Å².